The number of carbonyl (C=O) groups is 1. The maximum absolute atomic E-state index is 11.8. The Hall–Kier alpha value is -2.00. The van der Waals surface area contributed by atoms with E-state index in [2.05, 4.69) is 12.1 Å². The minimum Gasteiger partial charge on any atom is -0.423 e. The Bertz CT molecular complexity index is 639. The van der Waals surface area contributed by atoms with E-state index in [-0.39, 0.29) is 5.97 Å². The van der Waals surface area contributed by atoms with Crippen molar-refractivity contribution in [2.75, 3.05) is 0 Å². The van der Waals surface area contributed by atoms with Crippen LogP contribution in [0.4, 0.5) is 0 Å². The third-order valence-electron chi connectivity index (χ3n) is 3.07. The molecule has 0 unspecified atom stereocenters. The number of hydrogen-bond acceptors (Lipinski definition) is 3. The quantitative estimate of drug-likeness (QED) is 0.446. The van der Waals surface area contributed by atoms with Gasteiger partial charge in [-0.2, -0.15) is 0 Å². The van der Waals surface area contributed by atoms with Gasteiger partial charge in [0.2, 0.25) is 0 Å². The molecule has 3 heteroatoms. The minimum atomic E-state index is -0.293. The van der Waals surface area contributed by atoms with Gasteiger partial charge in [0.05, 0.1) is 0 Å². The Morgan fingerprint density at radius 2 is 1.43 bits per heavy atom. The molecule has 2 aromatic carbocycles. The molecule has 0 fully saturated rings. The molecule has 0 saturated carbocycles. The molecule has 0 aliphatic heterocycles. The third kappa shape index (κ3) is 4.50. The van der Waals surface area contributed by atoms with Gasteiger partial charge in [-0.15, -0.1) is 0 Å². The molecule has 0 spiro atoms. The highest BCUT2D eigenvalue weighted by atomic mass is 32.2. The van der Waals surface area contributed by atoms with Crippen molar-refractivity contribution in [2.45, 2.75) is 30.6 Å². The Morgan fingerprint density at radius 3 is 2.00 bits per heavy atom. The lowest BCUT2D eigenvalue weighted by Gasteiger charge is -2.07. The lowest BCUT2D eigenvalue weighted by atomic mass is 10.2. The number of ether oxygens (including phenoxy) is 1. The first-order chi connectivity index (χ1) is 10.1. The second-order valence-corrected chi connectivity index (χ2v) is 6.05. The molecule has 0 amide bonds. The molecule has 0 radical (unpaired) electrons. The average Bonchev–Trinajstić information content (AvgIpc) is 2.49. The number of esters is 1. The van der Waals surface area contributed by atoms with Crippen LogP contribution in [0.2, 0.25) is 0 Å². The molecule has 2 nitrogen and oxygen atoms in total. The standard InChI is InChI=1S/C18H18O2S/c1-13(2)14(3)18(19)20-15-9-11-17(12-10-15)21-16-7-5-4-6-8-16/h4-12H,1-3H3. The first-order valence-corrected chi connectivity index (χ1v) is 7.57. The molecular formula is C18H18O2S. The molecular weight excluding hydrogens is 280 g/mol. The molecule has 2 rings (SSSR count). The molecule has 2 aromatic rings. The van der Waals surface area contributed by atoms with E-state index in [4.69, 9.17) is 4.74 Å². The average molecular weight is 298 g/mol. The van der Waals surface area contributed by atoms with E-state index < -0.39 is 0 Å². The van der Waals surface area contributed by atoms with E-state index in [9.17, 15) is 4.79 Å². The molecule has 108 valence electrons. The zero-order chi connectivity index (χ0) is 15.2. The van der Waals surface area contributed by atoms with E-state index in [1.165, 1.54) is 4.90 Å². The summed E-state index contributed by atoms with van der Waals surface area (Å²) < 4.78 is 5.34. The van der Waals surface area contributed by atoms with Gasteiger partial charge in [0.15, 0.2) is 0 Å². The summed E-state index contributed by atoms with van der Waals surface area (Å²) in [6, 6.07) is 17.7. The van der Waals surface area contributed by atoms with Crippen LogP contribution < -0.4 is 4.74 Å². The molecule has 0 aliphatic rings. The number of rotatable bonds is 4. The van der Waals surface area contributed by atoms with Crippen LogP contribution in [-0.2, 0) is 4.79 Å². The lowest BCUT2D eigenvalue weighted by Crippen LogP contribution is -2.10. The van der Waals surface area contributed by atoms with Gasteiger partial charge in [-0.3, -0.25) is 0 Å². The lowest BCUT2D eigenvalue weighted by molar-refractivity contribution is -0.130. The van der Waals surface area contributed by atoms with Crippen molar-refractivity contribution in [1.82, 2.24) is 0 Å². The summed E-state index contributed by atoms with van der Waals surface area (Å²) in [5.41, 5.74) is 1.62. The van der Waals surface area contributed by atoms with E-state index in [0.29, 0.717) is 11.3 Å². The van der Waals surface area contributed by atoms with Gasteiger partial charge in [0, 0.05) is 15.4 Å². The molecule has 0 aliphatic carbocycles. The molecule has 0 N–H and O–H groups in total. The van der Waals surface area contributed by atoms with Crippen LogP contribution >= 0.6 is 11.8 Å². The van der Waals surface area contributed by atoms with E-state index >= 15 is 0 Å². The number of hydrogen-bond donors (Lipinski definition) is 0. The predicted molar refractivity (Wildman–Crippen MR) is 86.7 cm³/mol. The van der Waals surface area contributed by atoms with Crippen molar-refractivity contribution in [2.24, 2.45) is 0 Å². The highest BCUT2D eigenvalue weighted by molar-refractivity contribution is 7.99. The monoisotopic (exact) mass is 298 g/mol. The van der Waals surface area contributed by atoms with Crippen molar-refractivity contribution in [3.05, 3.63) is 65.7 Å². The summed E-state index contributed by atoms with van der Waals surface area (Å²) in [7, 11) is 0. The maximum Gasteiger partial charge on any atom is 0.339 e. The molecule has 21 heavy (non-hydrogen) atoms. The molecule has 0 bridgehead atoms. The van der Waals surface area contributed by atoms with Crippen LogP contribution in [0, 0.1) is 0 Å². The van der Waals surface area contributed by atoms with Crippen molar-refractivity contribution in [3.63, 3.8) is 0 Å². The van der Waals surface area contributed by atoms with Gasteiger partial charge in [0.1, 0.15) is 5.75 Å². The second kappa shape index (κ2) is 7.14. The summed E-state index contributed by atoms with van der Waals surface area (Å²) in [6.45, 7) is 5.57. The first kappa shape index (κ1) is 15.4. The summed E-state index contributed by atoms with van der Waals surface area (Å²) >= 11 is 1.68. The molecule has 0 saturated heterocycles. The van der Waals surface area contributed by atoms with Crippen molar-refractivity contribution in [3.8, 4) is 5.75 Å². The second-order valence-electron chi connectivity index (χ2n) is 4.90. The van der Waals surface area contributed by atoms with Gasteiger partial charge >= 0.3 is 5.97 Å². The summed E-state index contributed by atoms with van der Waals surface area (Å²) in [4.78, 5) is 14.1. The predicted octanol–water partition coefficient (Wildman–Crippen LogP) is 5.10. The SMILES string of the molecule is CC(C)=C(C)C(=O)Oc1ccc(Sc2ccccc2)cc1. The van der Waals surface area contributed by atoms with Crippen LogP contribution in [0.1, 0.15) is 20.8 Å². The fraction of sp³-hybridized carbons (Fsp3) is 0.167. The fourth-order valence-electron chi connectivity index (χ4n) is 1.59. The Balaban J connectivity index is 2.03. The highest BCUT2D eigenvalue weighted by Gasteiger charge is 2.08. The molecule has 0 heterocycles. The van der Waals surface area contributed by atoms with Crippen molar-refractivity contribution in [1.29, 1.82) is 0 Å². The van der Waals surface area contributed by atoms with Crippen LogP contribution in [0.25, 0.3) is 0 Å². The van der Waals surface area contributed by atoms with Gasteiger partial charge in [-0.1, -0.05) is 35.5 Å². The highest BCUT2D eigenvalue weighted by Crippen LogP contribution is 2.28. The molecule has 0 atom stereocenters. The van der Waals surface area contributed by atoms with Crippen LogP contribution in [0.5, 0.6) is 5.75 Å². The van der Waals surface area contributed by atoms with Gasteiger partial charge in [-0.05, 0) is 57.2 Å². The smallest absolute Gasteiger partial charge is 0.339 e. The fourth-order valence-corrected chi connectivity index (χ4v) is 2.43. The van der Waals surface area contributed by atoms with Crippen LogP contribution in [0.3, 0.4) is 0 Å². The number of allylic oxidation sites excluding steroid dienone is 1. The largest absolute Gasteiger partial charge is 0.423 e. The Labute approximate surface area is 129 Å². The normalized spacial score (nSPS) is 10.0. The van der Waals surface area contributed by atoms with Gasteiger partial charge < -0.3 is 4.74 Å². The first-order valence-electron chi connectivity index (χ1n) is 6.75. The summed E-state index contributed by atoms with van der Waals surface area (Å²) in [5.74, 6) is 0.275. The van der Waals surface area contributed by atoms with E-state index in [0.717, 1.165) is 10.5 Å². The number of benzene rings is 2. The Morgan fingerprint density at radius 1 is 0.857 bits per heavy atom. The van der Waals surface area contributed by atoms with Crippen LogP contribution in [0.15, 0.2) is 75.5 Å². The summed E-state index contributed by atoms with van der Waals surface area (Å²) in [6.07, 6.45) is 0. The van der Waals surface area contributed by atoms with Crippen molar-refractivity contribution < 1.29 is 9.53 Å². The zero-order valence-electron chi connectivity index (χ0n) is 12.4. The van der Waals surface area contributed by atoms with Gasteiger partial charge in [0.25, 0.3) is 0 Å². The summed E-state index contributed by atoms with van der Waals surface area (Å²) in [5, 5.41) is 0. The minimum absolute atomic E-state index is 0.293. The number of carbonyl (C=O) groups excluding carboxylic acids is 1. The van der Waals surface area contributed by atoms with E-state index in [1.807, 2.05) is 56.3 Å². The Kier molecular flexibility index (Phi) is 5.23. The van der Waals surface area contributed by atoms with Gasteiger partial charge in [-0.25, -0.2) is 4.79 Å². The van der Waals surface area contributed by atoms with E-state index in [1.54, 1.807) is 18.7 Å². The topological polar surface area (TPSA) is 26.3 Å². The zero-order valence-corrected chi connectivity index (χ0v) is 13.2. The third-order valence-corrected chi connectivity index (χ3v) is 4.09. The van der Waals surface area contributed by atoms with Crippen LogP contribution in [-0.4, -0.2) is 5.97 Å². The van der Waals surface area contributed by atoms with Crippen molar-refractivity contribution >= 4 is 17.7 Å². The molecule has 0 aromatic heterocycles. The maximum atomic E-state index is 11.8.